The van der Waals surface area contributed by atoms with Crippen LogP contribution in [-0.2, 0) is 13.0 Å². The van der Waals surface area contributed by atoms with Crippen LogP contribution >= 0.6 is 11.3 Å². The molecule has 0 amide bonds. The van der Waals surface area contributed by atoms with Gasteiger partial charge in [-0.3, -0.25) is 0 Å². The maximum atomic E-state index is 4.47. The van der Waals surface area contributed by atoms with Crippen LogP contribution in [0.3, 0.4) is 0 Å². The van der Waals surface area contributed by atoms with Gasteiger partial charge in [-0.05, 0) is 13.8 Å². The molecule has 0 aliphatic carbocycles. The molecule has 5 nitrogen and oxygen atoms in total. The fourth-order valence-corrected chi connectivity index (χ4v) is 2.88. The number of nitrogens with one attached hydrogen (secondary N) is 2. The quantitative estimate of drug-likeness (QED) is 0.726. The van der Waals surface area contributed by atoms with E-state index in [1.165, 1.54) is 4.88 Å². The Morgan fingerprint density at radius 2 is 2.16 bits per heavy atom. The molecule has 104 valence electrons. The van der Waals surface area contributed by atoms with E-state index in [9.17, 15) is 0 Å². The van der Waals surface area contributed by atoms with E-state index in [0.717, 1.165) is 43.6 Å². The van der Waals surface area contributed by atoms with Gasteiger partial charge in [0, 0.05) is 56.1 Å². The average molecular weight is 279 g/mol. The van der Waals surface area contributed by atoms with Gasteiger partial charge in [0.2, 0.25) is 0 Å². The van der Waals surface area contributed by atoms with Crippen LogP contribution in [0.4, 0.5) is 5.13 Å². The SMILES string of the molecule is CCN(CC)c1ncc(CNCCc2ncc[nH]2)s1. The molecule has 0 unspecified atom stereocenters. The summed E-state index contributed by atoms with van der Waals surface area (Å²) in [5, 5.41) is 4.54. The Hall–Kier alpha value is -1.40. The average Bonchev–Trinajstić information content (AvgIpc) is 3.08. The third-order valence-electron chi connectivity index (χ3n) is 2.97. The molecule has 0 aliphatic rings. The van der Waals surface area contributed by atoms with Crippen LogP contribution in [0.2, 0.25) is 0 Å². The minimum absolute atomic E-state index is 0.875. The van der Waals surface area contributed by atoms with Gasteiger partial charge in [-0.25, -0.2) is 9.97 Å². The molecular weight excluding hydrogens is 258 g/mol. The topological polar surface area (TPSA) is 56.8 Å². The van der Waals surface area contributed by atoms with Crippen molar-refractivity contribution in [2.24, 2.45) is 0 Å². The Bertz CT molecular complexity index is 461. The Kier molecular flexibility index (Phi) is 5.35. The molecule has 0 spiro atoms. The van der Waals surface area contributed by atoms with Crippen molar-refractivity contribution >= 4 is 16.5 Å². The maximum absolute atomic E-state index is 4.47. The summed E-state index contributed by atoms with van der Waals surface area (Å²) in [4.78, 5) is 15.3. The lowest BCUT2D eigenvalue weighted by Gasteiger charge is -2.16. The Morgan fingerprint density at radius 1 is 1.32 bits per heavy atom. The Balaban J connectivity index is 1.74. The third kappa shape index (κ3) is 4.04. The zero-order chi connectivity index (χ0) is 13.5. The first kappa shape index (κ1) is 14.0. The van der Waals surface area contributed by atoms with Gasteiger partial charge in [-0.15, -0.1) is 11.3 Å². The number of imidazole rings is 1. The highest BCUT2D eigenvalue weighted by molar-refractivity contribution is 7.15. The van der Waals surface area contributed by atoms with Crippen LogP contribution in [0.1, 0.15) is 24.5 Å². The van der Waals surface area contributed by atoms with Crippen molar-refractivity contribution < 1.29 is 0 Å². The van der Waals surface area contributed by atoms with Crippen LogP contribution in [0.25, 0.3) is 0 Å². The van der Waals surface area contributed by atoms with Crippen molar-refractivity contribution in [3.63, 3.8) is 0 Å². The molecule has 0 fully saturated rings. The number of hydrogen-bond acceptors (Lipinski definition) is 5. The molecule has 0 saturated heterocycles. The zero-order valence-corrected chi connectivity index (χ0v) is 12.3. The minimum Gasteiger partial charge on any atom is -0.349 e. The van der Waals surface area contributed by atoms with Crippen molar-refractivity contribution in [1.82, 2.24) is 20.3 Å². The Morgan fingerprint density at radius 3 is 2.84 bits per heavy atom. The van der Waals surface area contributed by atoms with E-state index in [1.54, 1.807) is 17.5 Å². The molecule has 2 rings (SSSR count). The maximum Gasteiger partial charge on any atom is 0.185 e. The minimum atomic E-state index is 0.875. The molecule has 0 radical (unpaired) electrons. The number of rotatable bonds is 8. The van der Waals surface area contributed by atoms with Crippen molar-refractivity contribution in [2.75, 3.05) is 24.5 Å². The van der Waals surface area contributed by atoms with Crippen molar-refractivity contribution in [3.05, 3.63) is 29.3 Å². The Labute approximate surface area is 118 Å². The van der Waals surface area contributed by atoms with Gasteiger partial charge in [-0.2, -0.15) is 0 Å². The number of hydrogen-bond donors (Lipinski definition) is 2. The number of thiazole rings is 1. The molecule has 2 aromatic rings. The van der Waals surface area contributed by atoms with Gasteiger partial charge in [0.15, 0.2) is 5.13 Å². The molecular formula is C13H21N5S. The first-order valence-electron chi connectivity index (χ1n) is 6.72. The predicted octanol–water partition coefficient (Wildman–Crippen LogP) is 2.04. The van der Waals surface area contributed by atoms with Crippen molar-refractivity contribution in [3.8, 4) is 0 Å². The highest BCUT2D eigenvalue weighted by Crippen LogP contribution is 2.21. The zero-order valence-electron chi connectivity index (χ0n) is 11.5. The van der Waals surface area contributed by atoms with Gasteiger partial charge in [-0.1, -0.05) is 0 Å². The van der Waals surface area contributed by atoms with Crippen LogP contribution in [-0.4, -0.2) is 34.6 Å². The van der Waals surface area contributed by atoms with E-state index < -0.39 is 0 Å². The predicted molar refractivity (Wildman–Crippen MR) is 79.7 cm³/mol. The second-order valence-electron chi connectivity index (χ2n) is 4.24. The van der Waals surface area contributed by atoms with Crippen LogP contribution in [0.5, 0.6) is 0 Å². The summed E-state index contributed by atoms with van der Waals surface area (Å²) < 4.78 is 0. The van der Waals surface area contributed by atoms with Crippen LogP contribution in [0, 0.1) is 0 Å². The molecule has 0 saturated carbocycles. The summed E-state index contributed by atoms with van der Waals surface area (Å²) in [6.07, 6.45) is 6.54. The molecule has 2 N–H and O–H groups in total. The number of nitrogens with zero attached hydrogens (tertiary/aromatic N) is 3. The normalized spacial score (nSPS) is 10.8. The van der Waals surface area contributed by atoms with Crippen molar-refractivity contribution in [1.29, 1.82) is 0 Å². The summed E-state index contributed by atoms with van der Waals surface area (Å²) in [6, 6.07) is 0. The van der Waals surface area contributed by atoms with Gasteiger partial charge in [0.1, 0.15) is 5.82 Å². The monoisotopic (exact) mass is 279 g/mol. The molecule has 0 bridgehead atoms. The lowest BCUT2D eigenvalue weighted by atomic mass is 10.4. The van der Waals surface area contributed by atoms with E-state index in [2.05, 4.69) is 39.0 Å². The summed E-state index contributed by atoms with van der Waals surface area (Å²) in [7, 11) is 0. The van der Waals surface area contributed by atoms with E-state index in [0.29, 0.717) is 0 Å². The lowest BCUT2D eigenvalue weighted by molar-refractivity contribution is 0.679. The van der Waals surface area contributed by atoms with Gasteiger partial charge >= 0.3 is 0 Å². The molecule has 0 aromatic carbocycles. The smallest absolute Gasteiger partial charge is 0.185 e. The van der Waals surface area contributed by atoms with E-state index in [-0.39, 0.29) is 0 Å². The molecule has 2 heterocycles. The lowest BCUT2D eigenvalue weighted by Crippen LogP contribution is -2.21. The van der Waals surface area contributed by atoms with E-state index in [4.69, 9.17) is 0 Å². The molecule has 0 atom stereocenters. The first-order chi connectivity index (χ1) is 9.33. The van der Waals surface area contributed by atoms with Gasteiger partial charge in [0.05, 0.1) is 0 Å². The second-order valence-corrected chi connectivity index (χ2v) is 5.34. The number of aromatic amines is 1. The van der Waals surface area contributed by atoms with Gasteiger partial charge in [0.25, 0.3) is 0 Å². The van der Waals surface area contributed by atoms with E-state index >= 15 is 0 Å². The number of anilines is 1. The van der Waals surface area contributed by atoms with Gasteiger partial charge < -0.3 is 15.2 Å². The molecule has 2 aromatic heterocycles. The van der Waals surface area contributed by atoms with Crippen LogP contribution in [0.15, 0.2) is 18.6 Å². The molecule has 6 heteroatoms. The number of aromatic nitrogens is 3. The van der Waals surface area contributed by atoms with E-state index in [1.807, 2.05) is 12.4 Å². The van der Waals surface area contributed by atoms with Crippen molar-refractivity contribution in [2.45, 2.75) is 26.8 Å². The summed E-state index contributed by atoms with van der Waals surface area (Å²) in [5.41, 5.74) is 0. The number of H-pyrrole nitrogens is 1. The third-order valence-corrected chi connectivity index (χ3v) is 4.03. The van der Waals surface area contributed by atoms with Crippen LogP contribution < -0.4 is 10.2 Å². The molecule has 0 aliphatic heterocycles. The standard InChI is InChI=1S/C13H21N5S/c1-3-18(4-2)13-17-10-11(19-13)9-14-6-5-12-15-7-8-16-12/h7-8,10,14H,3-6,9H2,1-2H3,(H,15,16). The fourth-order valence-electron chi connectivity index (χ4n) is 1.87. The summed E-state index contributed by atoms with van der Waals surface area (Å²) >= 11 is 1.77. The highest BCUT2D eigenvalue weighted by Gasteiger charge is 2.07. The molecule has 19 heavy (non-hydrogen) atoms. The second kappa shape index (κ2) is 7.25. The largest absolute Gasteiger partial charge is 0.349 e. The summed E-state index contributed by atoms with van der Waals surface area (Å²) in [6.45, 7) is 8.13. The summed E-state index contributed by atoms with van der Waals surface area (Å²) in [5.74, 6) is 1.03. The highest BCUT2D eigenvalue weighted by atomic mass is 32.1. The first-order valence-corrected chi connectivity index (χ1v) is 7.53. The fraction of sp³-hybridized carbons (Fsp3) is 0.538.